The van der Waals surface area contributed by atoms with Crippen LogP contribution in [-0.2, 0) is 11.8 Å². The molecule has 2 aromatic heterocycles. The molecular weight excluding hydrogens is 280 g/mol. The van der Waals surface area contributed by atoms with Crippen LogP contribution < -0.4 is 10.6 Å². The molecule has 0 aliphatic carbocycles. The van der Waals surface area contributed by atoms with E-state index in [9.17, 15) is 4.79 Å². The van der Waals surface area contributed by atoms with Gasteiger partial charge in [-0.25, -0.2) is 9.97 Å². The summed E-state index contributed by atoms with van der Waals surface area (Å²) in [5.41, 5.74) is 3.29. The van der Waals surface area contributed by atoms with Crippen molar-refractivity contribution in [2.75, 3.05) is 10.6 Å². The number of amides is 1. The van der Waals surface area contributed by atoms with Gasteiger partial charge < -0.3 is 10.6 Å². The lowest BCUT2D eigenvalue weighted by Gasteiger charge is -2.05. The third-order valence-electron chi connectivity index (χ3n) is 3.02. The van der Waals surface area contributed by atoms with E-state index in [1.807, 2.05) is 43.6 Å². The lowest BCUT2D eigenvalue weighted by atomic mass is 10.1. The van der Waals surface area contributed by atoms with Crippen molar-refractivity contribution < 1.29 is 4.79 Å². The topological polar surface area (TPSA) is 84.7 Å². The van der Waals surface area contributed by atoms with Crippen LogP contribution in [0.2, 0.25) is 0 Å². The number of anilines is 3. The van der Waals surface area contributed by atoms with Crippen molar-refractivity contribution in [3.8, 4) is 11.3 Å². The molecule has 0 radical (unpaired) electrons. The zero-order valence-electron chi connectivity index (χ0n) is 11.9. The van der Waals surface area contributed by atoms with Gasteiger partial charge in [0.2, 0.25) is 12.4 Å². The number of aryl methyl sites for hydroxylation is 1. The van der Waals surface area contributed by atoms with E-state index in [-0.39, 0.29) is 0 Å². The van der Waals surface area contributed by atoms with E-state index in [1.165, 1.54) is 0 Å². The van der Waals surface area contributed by atoms with E-state index in [1.54, 1.807) is 17.1 Å². The summed E-state index contributed by atoms with van der Waals surface area (Å²) in [7, 11) is 1.84. The van der Waals surface area contributed by atoms with Gasteiger partial charge in [-0.2, -0.15) is 5.10 Å². The van der Waals surface area contributed by atoms with Gasteiger partial charge in [0.25, 0.3) is 0 Å². The molecule has 3 aromatic rings. The first-order valence-electron chi connectivity index (χ1n) is 6.64. The molecule has 0 unspecified atom stereocenters. The van der Waals surface area contributed by atoms with Crippen LogP contribution in [0.15, 0.2) is 48.9 Å². The predicted molar refractivity (Wildman–Crippen MR) is 83.6 cm³/mol. The molecule has 1 amide bonds. The highest BCUT2D eigenvalue weighted by atomic mass is 16.1. The third-order valence-corrected chi connectivity index (χ3v) is 3.02. The van der Waals surface area contributed by atoms with Crippen molar-refractivity contribution in [2.45, 2.75) is 0 Å². The van der Waals surface area contributed by atoms with Crippen LogP contribution in [0.3, 0.4) is 0 Å². The summed E-state index contributed by atoms with van der Waals surface area (Å²) in [5.74, 6) is 0.501. The fourth-order valence-corrected chi connectivity index (χ4v) is 2.00. The highest BCUT2D eigenvalue weighted by molar-refractivity contribution is 5.73. The average Bonchev–Trinajstić information content (AvgIpc) is 2.94. The number of rotatable bonds is 5. The second kappa shape index (κ2) is 6.04. The minimum absolute atomic E-state index is 0.501. The van der Waals surface area contributed by atoms with Crippen molar-refractivity contribution in [3.05, 3.63) is 48.9 Å². The van der Waals surface area contributed by atoms with Crippen LogP contribution in [-0.4, -0.2) is 26.2 Å². The molecule has 3 rings (SSSR count). The lowest BCUT2D eigenvalue weighted by Crippen LogP contribution is -1.97. The first-order chi connectivity index (χ1) is 10.7. The van der Waals surface area contributed by atoms with Crippen LogP contribution in [0.1, 0.15) is 0 Å². The Morgan fingerprint density at radius 3 is 2.64 bits per heavy atom. The Bertz CT molecular complexity index is 781. The maximum Gasteiger partial charge on any atom is 0.227 e. The molecule has 110 valence electrons. The van der Waals surface area contributed by atoms with E-state index in [2.05, 4.69) is 25.7 Å². The fourth-order valence-electron chi connectivity index (χ4n) is 2.00. The average molecular weight is 294 g/mol. The molecule has 0 bridgehead atoms. The van der Waals surface area contributed by atoms with E-state index in [0.717, 1.165) is 22.6 Å². The van der Waals surface area contributed by atoms with Crippen molar-refractivity contribution in [2.24, 2.45) is 7.05 Å². The number of benzene rings is 1. The Morgan fingerprint density at radius 1 is 1.14 bits per heavy atom. The Labute approximate surface area is 127 Å². The molecule has 0 saturated carbocycles. The quantitative estimate of drug-likeness (QED) is 0.705. The molecule has 0 spiro atoms. The molecule has 0 aliphatic rings. The zero-order chi connectivity index (χ0) is 15.4. The number of carbonyl (C=O) groups is 1. The predicted octanol–water partition coefficient (Wildman–Crippen LogP) is 2.19. The number of carbonyl (C=O) groups excluding carboxylic acids is 1. The van der Waals surface area contributed by atoms with Crippen LogP contribution in [0.5, 0.6) is 0 Å². The SMILES string of the molecule is Cn1cc(Nc2nccc(-c3ccc(NC=O)cc3)n2)cn1. The number of hydrogen-bond acceptors (Lipinski definition) is 5. The smallest absolute Gasteiger partial charge is 0.227 e. The van der Waals surface area contributed by atoms with Gasteiger partial charge in [-0.1, -0.05) is 12.1 Å². The first-order valence-corrected chi connectivity index (χ1v) is 6.64. The standard InChI is InChI=1S/C15H14N6O/c1-21-9-13(8-18-21)19-15-16-7-6-14(20-15)11-2-4-12(5-3-11)17-10-22/h2-10H,1H3,(H,17,22)(H,16,19,20). The minimum atomic E-state index is 0.501. The summed E-state index contributed by atoms with van der Waals surface area (Å²) < 4.78 is 1.70. The summed E-state index contributed by atoms with van der Waals surface area (Å²) in [4.78, 5) is 19.1. The summed E-state index contributed by atoms with van der Waals surface area (Å²) in [5, 5.41) is 9.78. The minimum Gasteiger partial charge on any atom is -0.329 e. The molecule has 0 saturated heterocycles. The van der Waals surface area contributed by atoms with Gasteiger partial charge in [-0.3, -0.25) is 9.48 Å². The number of hydrogen-bond donors (Lipinski definition) is 2. The van der Waals surface area contributed by atoms with Crippen molar-refractivity contribution >= 4 is 23.7 Å². The molecule has 0 atom stereocenters. The highest BCUT2D eigenvalue weighted by Gasteiger charge is 2.04. The van der Waals surface area contributed by atoms with Crippen molar-refractivity contribution in [1.82, 2.24) is 19.7 Å². The number of aromatic nitrogens is 4. The molecule has 2 heterocycles. The summed E-state index contributed by atoms with van der Waals surface area (Å²) in [6.45, 7) is 0. The van der Waals surface area contributed by atoms with Crippen LogP contribution in [0, 0.1) is 0 Å². The van der Waals surface area contributed by atoms with Crippen LogP contribution in [0.25, 0.3) is 11.3 Å². The molecular formula is C15H14N6O. The van der Waals surface area contributed by atoms with Gasteiger partial charge in [-0.15, -0.1) is 0 Å². The second-order valence-electron chi connectivity index (χ2n) is 4.63. The normalized spacial score (nSPS) is 10.2. The molecule has 1 aromatic carbocycles. The third kappa shape index (κ3) is 3.09. The summed E-state index contributed by atoms with van der Waals surface area (Å²) in [6.07, 6.45) is 5.89. The highest BCUT2D eigenvalue weighted by Crippen LogP contribution is 2.21. The molecule has 7 nitrogen and oxygen atoms in total. The van der Waals surface area contributed by atoms with E-state index in [4.69, 9.17) is 0 Å². The van der Waals surface area contributed by atoms with Gasteiger partial charge in [0.05, 0.1) is 17.6 Å². The Balaban J connectivity index is 1.82. The largest absolute Gasteiger partial charge is 0.329 e. The summed E-state index contributed by atoms with van der Waals surface area (Å²) in [6, 6.07) is 9.25. The molecule has 2 N–H and O–H groups in total. The van der Waals surface area contributed by atoms with E-state index < -0.39 is 0 Å². The van der Waals surface area contributed by atoms with Gasteiger partial charge in [0, 0.05) is 30.7 Å². The Hall–Kier alpha value is -3.22. The Kier molecular flexibility index (Phi) is 3.78. The second-order valence-corrected chi connectivity index (χ2v) is 4.63. The number of nitrogens with one attached hydrogen (secondary N) is 2. The molecule has 7 heteroatoms. The number of nitrogens with zero attached hydrogens (tertiary/aromatic N) is 4. The van der Waals surface area contributed by atoms with E-state index >= 15 is 0 Å². The monoisotopic (exact) mass is 294 g/mol. The van der Waals surface area contributed by atoms with Crippen molar-refractivity contribution in [1.29, 1.82) is 0 Å². The van der Waals surface area contributed by atoms with Gasteiger partial charge in [0.15, 0.2) is 0 Å². The van der Waals surface area contributed by atoms with Crippen molar-refractivity contribution in [3.63, 3.8) is 0 Å². The van der Waals surface area contributed by atoms with Gasteiger partial charge >= 0.3 is 0 Å². The van der Waals surface area contributed by atoms with Gasteiger partial charge in [0.1, 0.15) is 0 Å². The first kappa shape index (κ1) is 13.7. The lowest BCUT2D eigenvalue weighted by molar-refractivity contribution is -0.105. The zero-order valence-corrected chi connectivity index (χ0v) is 11.9. The summed E-state index contributed by atoms with van der Waals surface area (Å²) >= 11 is 0. The molecule has 0 fully saturated rings. The Morgan fingerprint density at radius 2 is 1.95 bits per heavy atom. The molecule has 22 heavy (non-hydrogen) atoms. The van der Waals surface area contributed by atoms with E-state index in [0.29, 0.717) is 12.4 Å². The molecule has 0 aliphatic heterocycles. The van der Waals surface area contributed by atoms with Crippen LogP contribution >= 0.6 is 0 Å². The maximum absolute atomic E-state index is 10.4. The van der Waals surface area contributed by atoms with Crippen LogP contribution in [0.4, 0.5) is 17.3 Å². The van der Waals surface area contributed by atoms with Gasteiger partial charge in [-0.05, 0) is 18.2 Å². The maximum atomic E-state index is 10.4. The fraction of sp³-hybridized carbons (Fsp3) is 0.0667.